The molecule has 1 aromatic carbocycles. The van der Waals surface area contributed by atoms with Crippen LogP contribution in [0.4, 0.5) is 5.00 Å². The van der Waals surface area contributed by atoms with E-state index in [4.69, 9.17) is 20.2 Å². The largest absolute Gasteiger partial charge is 0.454 e. The molecule has 0 spiro atoms. The zero-order valence-corrected chi connectivity index (χ0v) is 21.8. The number of ether oxygens (including phenoxy) is 2. The molecule has 0 bridgehead atoms. The number of nitrogens with two attached hydrogens (primary N) is 1. The minimum Gasteiger partial charge on any atom is -0.454 e. The van der Waals surface area contributed by atoms with Crippen LogP contribution < -0.4 is 20.1 Å². The number of hydrogen-bond donors (Lipinski definition) is 1. The van der Waals surface area contributed by atoms with Crippen molar-refractivity contribution in [3.8, 4) is 17.6 Å². The third-order valence-electron chi connectivity index (χ3n) is 8.14. The minimum atomic E-state index is -0.528. The quantitative estimate of drug-likeness (QED) is 0.510. The van der Waals surface area contributed by atoms with Crippen molar-refractivity contribution in [2.24, 2.45) is 16.1 Å². The van der Waals surface area contributed by atoms with Gasteiger partial charge in [-0.25, -0.2) is 4.99 Å². The van der Waals surface area contributed by atoms with Gasteiger partial charge in [-0.1, -0.05) is 26.3 Å². The van der Waals surface area contributed by atoms with Crippen molar-refractivity contribution in [2.75, 3.05) is 11.7 Å². The molecule has 4 heterocycles. The number of amidine groups is 1. The van der Waals surface area contributed by atoms with Gasteiger partial charge in [-0.3, -0.25) is 9.69 Å². The number of rotatable bonds is 1. The summed E-state index contributed by atoms with van der Waals surface area (Å²) in [5.41, 5.74) is 11.7. The summed E-state index contributed by atoms with van der Waals surface area (Å²) in [5.74, 6) is 1.88. The van der Waals surface area contributed by atoms with Gasteiger partial charge in [0.15, 0.2) is 23.1 Å². The van der Waals surface area contributed by atoms with Crippen molar-refractivity contribution >= 4 is 28.0 Å². The highest BCUT2D eigenvalue weighted by Gasteiger charge is 2.48. The Labute approximate surface area is 219 Å². The molecule has 1 aromatic heterocycles. The van der Waals surface area contributed by atoms with Crippen molar-refractivity contribution < 1.29 is 14.3 Å². The van der Waals surface area contributed by atoms with Gasteiger partial charge in [-0.15, -0.1) is 11.3 Å². The molecule has 2 aromatic rings. The lowest BCUT2D eigenvalue weighted by molar-refractivity contribution is -0.118. The molecule has 0 saturated heterocycles. The fourth-order valence-corrected chi connectivity index (χ4v) is 7.96. The molecule has 37 heavy (non-hydrogen) atoms. The van der Waals surface area contributed by atoms with Crippen molar-refractivity contribution in [2.45, 2.75) is 64.7 Å². The van der Waals surface area contributed by atoms with E-state index in [1.54, 1.807) is 11.3 Å². The first kappa shape index (κ1) is 22.6. The van der Waals surface area contributed by atoms with Gasteiger partial charge in [0.25, 0.3) is 0 Å². The summed E-state index contributed by atoms with van der Waals surface area (Å²) in [6.45, 7) is 4.44. The maximum atomic E-state index is 13.9. The van der Waals surface area contributed by atoms with Crippen LogP contribution in [0.2, 0.25) is 0 Å². The van der Waals surface area contributed by atoms with Crippen LogP contribution in [0.25, 0.3) is 0 Å². The summed E-state index contributed by atoms with van der Waals surface area (Å²) in [5, 5.41) is 11.6. The lowest BCUT2D eigenvalue weighted by Crippen LogP contribution is -2.41. The Morgan fingerprint density at radius 2 is 1.97 bits per heavy atom. The maximum Gasteiger partial charge on any atom is 0.231 e. The second-order valence-electron chi connectivity index (χ2n) is 11.3. The van der Waals surface area contributed by atoms with Gasteiger partial charge in [-0.2, -0.15) is 5.26 Å². The highest BCUT2D eigenvalue weighted by atomic mass is 32.1. The molecule has 7 rings (SSSR count). The van der Waals surface area contributed by atoms with E-state index in [2.05, 4.69) is 24.8 Å². The highest BCUT2D eigenvalue weighted by Crippen LogP contribution is 2.55. The first-order valence-electron chi connectivity index (χ1n) is 13.0. The van der Waals surface area contributed by atoms with Crippen LogP contribution in [0.5, 0.6) is 11.5 Å². The Balaban J connectivity index is 1.49. The molecule has 3 aliphatic heterocycles. The topological polar surface area (TPSA) is 101 Å². The van der Waals surface area contributed by atoms with Crippen LogP contribution in [0.15, 0.2) is 45.9 Å². The molecule has 0 radical (unpaired) electrons. The predicted molar refractivity (Wildman–Crippen MR) is 142 cm³/mol. The van der Waals surface area contributed by atoms with Crippen LogP contribution >= 0.6 is 11.3 Å². The molecule has 8 heteroatoms. The molecule has 1 atom stereocenters. The second-order valence-corrected chi connectivity index (χ2v) is 12.4. The Kier molecular flexibility index (Phi) is 4.87. The molecule has 7 nitrogen and oxygen atoms in total. The second kappa shape index (κ2) is 7.96. The third kappa shape index (κ3) is 3.30. The van der Waals surface area contributed by atoms with Crippen molar-refractivity contribution in [1.29, 1.82) is 5.26 Å². The smallest absolute Gasteiger partial charge is 0.231 e. The Bertz CT molecular complexity index is 1520. The summed E-state index contributed by atoms with van der Waals surface area (Å²) >= 11 is 1.76. The molecule has 0 unspecified atom stereocenters. The van der Waals surface area contributed by atoms with Crippen LogP contribution in [0.1, 0.15) is 73.4 Å². The summed E-state index contributed by atoms with van der Waals surface area (Å²) < 4.78 is 11.2. The maximum absolute atomic E-state index is 13.9. The summed E-state index contributed by atoms with van der Waals surface area (Å²) in [6, 6.07) is 8.12. The molecule has 5 aliphatic rings. The Hall–Kier alpha value is -3.57. The number of benzene rings is 1. The monoisotopic (exact) mass is 512 g/mol. The van der Waals surface area contributed by atoms with E-state index in [-0.39, 0.29) is 18.0 Å². The number of nitriles is 1. The molecule has 188 valence electrons. The number of nitrogens with zero attached hydrogens (tertiary/aromatic N) is 3. The van der Waals surface area contributed by atoms with E-state index in [1.807, 2.05) is 18.2 Å². The SMILES string of the molecule is CC1(C)CC(=O)C2=C(C1)N1C(=C(C#N)[C@@H]2c2ccc3c(c2)OCO3)N=C(N)c2c1sc1c2CCCCC1. The Morgan fingerprint density at radius 1 is 1.16 bits per heavy atom. The average Bonchev–Trinajstić information content (AvgIpc) is 3.40. The third-order valence-corrected chi connectivity index (χ3v) is 9.41. The van der Waals surface area contributed by atoms with Crippen molar-refractivity contribution in [3.63, 3.8) is 0 Å². The van der Waals surface area contributed by atoms with Crippen LogP contribution in [0, 0.1) is 16.7 Å². The number of thiophene rings is 1. The predicted octanol–water partition coefficient (Wildman–Crippen LogP) is 5.45. The highest BCUT2D eigenvalue weighted by molar-refractivity contribution is 7.17. The van der Waals surface area contributed by atoms with E-state index in [0.29, 0.717) is 40.7 Å². The fourth-order valence-electron chi connectivity index (χ4n) is 6.54. The van der Waals surface area contributed by atoms with Gasteiger partial charge < -0.3 is 15.2 Å². The molecule has 0 fully saturated rings. The van der Waals surface area contributed by atoms with Gasteiger partial charge in [0, 0.05) is 22.6 Å². The Morgan fingerprint density at radius 3 is 2.81 bits per heavy atom. The van der Waals surface area contributed by atoms with Crippen LogP contribution in [-0.4, -0.2) is 18.4 Å². The first-order valence-corrected chi connectivity index (χ1v) is 13.8. The van der Waals surface area contributed by atoms with Crippen LogP contribution in [-0.2, 0) is 17.6 Å². The summed E-state index contributed by atoms with van der Waals surface area (Å²) in [4.78, 5) is 22.3. The summed E-state index contributed by atoms with van der Waals surface area (Å²) in [6.07, 6.45) is 6.71. The van der Waals surface area contributed by atoms with Gasteiger partial charge in [0.2, 0.25) is 6.79 Å². The first-order chi connectivity index (χ1) is 17.9. The number of Topliss-reactive ketones (excluding diaryl/α,β-unsaturated/α-hetero) is 1. The number of allylic oxidation sites excluding steroid dienone is 3. The number of hydrogen-bond acceptors (Lipinski definition) is 8. The zero-order chi connectivity index (χ0) is 25.5. The molecular weight excluding hydrogens is 484 g/mol. The lowest BCUT2D eigenvalue weighted by Gasteiger charge is -2.44. The number of fused-ring (bicyclic) bond motifs is 7. The lowest BCUT2D eigenvalue weighted by atomic mass is 9.68. The standard InChI is InChI=1S/C29H28N4O3S/c1-29(2)11-18-25(19(34)12-29)23(15-8-9-20-21(10-15)36-14-35-20)17(13-30)27-32-26(31)24-16-6-4-3-5-7-22(16)37-28(24)33(18)27/h8-10,23H,3-7,11-12,14H2,1-2H3,(H2,31,32)/t23-/m0/s1. The number of carbonyl (C=O) groups is 1. The van der Waals surface area contributed by atoms with E-state index in [0.717, 1.165) is 47.5 Å². The molecular formula is C29H28N4O3S. The van der Waals surface area contributed by atoms with Crippen molar-refractivity contribution in [1.82, 2.24) is 0 Å². The minimum absolute atomic E-state index is 0.0860. The van der Waals surface area contributed by atoms with E-state index in [9.17, 15) is 10.1 Å². The van der Waals surface area contributed by atoms with Gasteiger partial charge in [0.1, 0.15) is 10.8 Å². The molecule has 2 aliphatic carbocycles. The normalized spacial score (nSPS) is 23.5. The summed E-state index contributed by atoms with van der Waals surface area (Å²) in [7, 11) is 0. The van der Waals surface area contributed by atoms with Crippen LogP contribution in [0.3, 0.4) is 0 Å². The molecule has 0 saturated carbocycles. The fraction of sp³-hybridized carbons (Fsp3) is 0.414. The van der Waals surface area contributed by atoms with Gasteiger partial charge in [-0.05, 0) is 60.8 Å². The zero-order valence-electron chi connectivity index (χ0n) is 21.0. The van der Waals surface area contributed by atoms with Gasteiger partial charge >= 0.3 is 0 Å². The number of ketones is 1. The van der Waals surface area contributed by atoms with E-state index in [1.165, 1.54) is 23.3 Å². The number of carbonyl (C=O) groups excluding carboxylic acids is 1. The van der Waals surface area contributed by atoms with Crippen molar-refractivity contribution in [3.05, 3.63) is 62.4 Å². The number of anilines is 1. The number of aliphatic imine (C=N–C) groups is 1. The van der Waals surface area contributed by atoms with E-state index >= 15 is 0 Å². The number of aryl methyl sites for hydroxylation is 1. The van der Waals surface area contributed by atoms with E-state index < -0.39 is 5.92 Å². The van der Waals surface area contributed by atoms with Gasteiger partial charge in [0.05, 0.1) is 23.1 Å². The molecule has 2 N–H and O–H groups in total. The molecule has 0 amide bonds. The average molecular weight is 513 g/mol.